The number of aromatic nitrogens is 1. The third-order valence-corrected chi connectivity index (χ3v) is 5.09. The van der Waals surface area contributed by atoms with Gasteiger partial charge >= 0.3 is 0 Å². The van der Waals surface area contributed by atoms with Gasteiger partial charge in [-0.2, -0.15) is 0 Å². The summed E-state index contributed by atoms with van der Waals surface area (Å²) in [6, 6.07) is 16.6. The second-order valence-corrected chi connectivity index (χ2v) is 6.92. The van der Waals surface area contributed by atoms with Gasteiger partial charge in [0.05, 0.1) is 11.3 Å². The Balaban J connectivity index is 1.82. The number of allylic oxidation sites excluding steroid dienone is 2. The summed E-state index contributed by atoms with van der Waals surface area (Å²) in [5.74, 6) is 0.299. The molecule has 1 aliphatic rings. The number of rotatable bonds is 3. The highest BCUT2D eigenvalue weighted by Gasteiger charge is 2.21. The molecule has 0 atom stereocenters. The van der Waals surface area contributed by atoms with E-state index in [1.807, 2.05) is 12.1 Å². The second kappa shape index (κ2) is 6.75. The molecule has 1 aromatic heterocycles. The predicted octanol–water partition coefficient (Wildman–Crippen LogP) is 5.32. The molecule has 130 valence electrons. The van der Waals surface area contributed by atoms with E-state index in [1.165, 1.54) is 5.56 Å². The van der Waals surface area contributed by atoms with Crippen LogP contribution in [0.3, 0.4) is 0 Å². The van der Waals surface area contributed by atoms with Gasteiger partial charge in [-0.05, 0) is 36.1 Å². The standard InChI is InChI=1S/C23H21NO2/c1-15-7-9-16(10-8-15)18-12-11-17(23-19(18)4-3-13-24-23)14-20-21(25)5-2-6-22(20)26/h3-4,7-13,25H,2,5-6,14H2,1H3. The number of aliphatic hydroxyl groups is 1. The van der Waals surface area contributed by atoms with Crippen LogP contribution in [0.5, 0.6) is 0 Å². The highest BCUT2D eigenvalue weighted by Crippen LogP contribution is 2.32. The number of aliphatic hydroxyl groups excluding tert-OH is 1. The number of nitrogens with zero attached hydrogens (tertiary/aromatic N) is 1. The summed E-state index contributed by atoms with van der Waals surface area (Å²) in [6.45, 7) is 2.08. The number of pyridine rings is 1. The van der Waals surface area contributed by atoms with Crippen molar-refractivity contribution in [1.29, 1.82) is 0 Å². The van der Waals surface area contributed by atoms with Crippen molar-refractivity contribution in [2.45, 2.75) is 32.6 Å². The van der Waals surface area contributed by atoms with E-state index in [-0.39, 0.29) is 11.5 Å². The van der Waals surface area contributed by atoms with E-state index in [2.05, 4.69) is 48.3 Å². The molecule has 0 spiro atoms. The molecule has 0 saturated heterocycles. The number of ketones is 1. The average molecular weight is 343 g/mol. The number of aryl methyl sites for hydroxylation is 1. The van der Waals surface area contributed by atoms with E-state index in [1.54, 1.807) is 6.20 Å². The molecule has 2 aromatic carbocycles. The molecule has 1 N–H and O–H groups in total. The van der Waals surface area contributed by atoms with Gasteiger partial charge in [0.25, 0.3) is 0 Å². The minimum atomic E-state index is 0.0560. The molecule has 0 bridgehead atoms. The predicted molar refractivity (Wildman–Crippen MR) is 104 cm³/mol. The van der Waals surface area contributed by atoms with Gasteiger partial charge in [0.2, 0.25) is 0 Å². The van der Waals surface area contributed by atoms with Crippen molar-refractivity contribution in [1.82, 2.24) is 4.98 Å². The van der Waals surface area contributed by atoms with E-state index in [0.717, 1.165) is 34.0 Å². The number of hydrogen-bond donors (Lipinski definition) is 1. The van der Waals surface area contributed by atoms with Crippen molar-refractivity contribution in [3.05, 3.63) is 77.2 Å². The first-order chi connectivity index (χ1) is 12.6. The van der Waals surface area contributed by atoms with E-state index in [0.29, 0.717) is 24.8 Å². The second-order valence-electron chi connectivity index (χ2n) is 6.92. The topological polar surface area (TPSA) is 50.2 Å². The largest absolute Gasteiger partial charge is 0.512 e. The fraction of sp³-hybridized carbons (Fsp3) is 0.217. The zero-order valence-corrected chi connectivity index (χ0v) is 14.8. The number of hydrogen-bond acceptors (Lipinski definition) is 3. The number of carbonyl (C=O) groups excluding carboxylic acids is 1. The fourth-order valence-corrected chi connectivity index (χ4v) is 3.63. The molecular weight excluding hydrogens is 322 g/mol. The van der Waals surface area contributed by atoms with Gasteiger partial charge in [-0.25, -0.2) is 0 Å². The summed E-state index contributed by atoms with van der Waals surface area (Å²) in [5.41, 5.74) is 5.93. The summed E-state index contributed by atoms with van der Waals surface area (Å²) in [7, 11) is 0. The molecule has 26 heavy (non-hydrogen) atoms. The molecular formula is C23H21NO2. The Morgan fingerprint density at radius 2 is 1.85 bits per heavy atom. The van der Waals surface area contributed by atoms with Crippen LogP contribution in [-0.4, -0.2) is 15.9 Å². The molecule has 4 rings (SSSR count). The van der Waals surface area contributed by atoms with Crippen molar-refractivity contribution >= 4 is 16.7 Å². The lowest BCUT2D eigenvalue weighted by atomic mass is 9.89. The zero-order valence-electron chi connectivity index (χ0n) is 14.8. The Morgan fingerprint density at radius 3 is 2.62 bits per heavy atom. The van der Waals surface area contributed by atoms with E-state index in [9.17, 15) is 9.90 Å². The van der Waals surface area contributed by atoms with Crippen LogP contribution in [-0.2, 0) is 11.2 Å². The molecule has 3 heteroatoms. The van der Waals surface area contributed by atoms with Crippen LogP contribution in [0.4, 0.5) is 0 Å². The van der Waals surface area contributed by atoms with Gasteiger partial charge in [-0.1, -0.05) is 48.0 Å². The van der Waals surface area contributed by atoms with Gasteiger partial charge in [0, 0.05) is 36.4 Å². The summed E-state index contributed by atoms with van der Waals surface area (Å²) < 4.78 is 0. The van der Waals surface area contributed by atoms with Crippen LogP contribution in [0.25, 0.3) is 22.0 Å². The van der Waals surface area contributed by atoms with Crippen LogP contribution >= 0.6 is 0 Å². The highest BCUT2D eigenvalue weighted by atomic mass is 16.3. The number of benzene rings is 2. The maximum absolute atomic E-state index is 12.2. The fourth-order valence-electron chi connectivity index (χ4n) is 3.63. The lowest BCUT2D eigenvalue weighted by Gasteiger charge is -2.16. The number of Topliss-reactive ketones (excluding diaryl/α,β-unsaturated/α-hetero) is 1. The van der Waals surface area contributed by atoms with Gasteiger partial charge in [-0.3, -0.25) is 9.78 Å². The molecule has 0 unspecified atom stereocenters. The van der Waals surface area contributed by atoms with Gasteiger partial charge in [0.1, 0.15) is 0 Å². The van der Waals surface area contributed by atoms with Gasteiger partial charge in [0.15, 0.2) is 5.78 Å². The van der Waals surface area contributed by atoms with E-state index >= 15 is 0 Å². The Bertz CT molecular complexity index is 1020. The van der Waals surface area contributed by atoms with Gasteiger partial charge in [-0.15, -0.1) is 0 Å². The first-order valence-corrected chi connectivity index (χ1v) is 9.01. The number of carbonyl (C=O) groups is 1. The molecule has 0 fully saturated rings. The Morgan fingerprint density at radius 1 is 1.04 bits per heavy atom. The van der Waals surface area contributed by atoms with Crippen LogP contribution in [0.2, 0.25) is 0 Å². The SMILES string of the molecule is Cc1ccc(-c2ccc(CC3=C(O)CCCC3=O)c3ncccc23)cc1. The summed E-state index contributed by atoms with van der Waals surface area (Å²) in [6.07, 6.45) is 4.06. The van der Waals surface area contributed by atoms with Crippen LogP contribution in [0.1, 0.15) is 30.4 Å². The third kappa shape index (κ3) is 3.01. The normalized spacial score (nSPS) is 14.9. The molecule has 0 aliphatic heterocycles. The first-order valence-electron chi connectivity index (χ1n) is 9.01. The van der Waals surface area contributed by atoms with Crippen molar-refractivity contribution < 1.29 is 9.90 Å². The maximum atomic E-state index is 12.2. The lowest BCUT2D eigenvalue weighted by molar-refractivity contribution is -0.116. The van der Waals surface area contributed by atoms with Gasteiger partial charge < -0.3 is 5.11 Å². The van der Waals surface area contributed by atoms with Crippen molar-refractivity contribution in [2.24, 2.45) is 0 Å². The van der Waals surface area contributed by atoms with Crippen molar-refractivity contribution in [3.8, 4) is 11.1 Å². The summed E-state index contributed by atoms with van der Waals surface area (Å²) in [5, 5.41) is 11.2. The van der Waals surface area contributed by atoms with Crippen molar-refractivity contribution in [2.75, 3.05) is 0 Å². The molecule has 1 aliphatic carbocycles. The Kier molecular flexibility index (Phi) is 4.29. The monoisotopic (exact) mass is 343 g/mol. The quantitative estimate of drug-likeness (QED) is 0.700. The number of fused-ring (bicyclic) bond motifs is 1. The van der Waals surface area contributed by atoms with E-state index in [4.69, 9.17) is 0 Å². The average Bonchev–Trinajstić information content (AvgIpc) is 2.66. The Hall–Kier alpha value is -2.94. The third-order valence-electron chi connectivity index (χ3n) is 5.09. The summed E-state index contributed by atoms with van der Waals surface area (Å²) >= 11 is 0. The molecule has 0 radical (unpaired) electrons. The first kappa shape index (κ1) is 16.5. The molecule has 0 saturated carbocycles. The minimum absolute atomic E-state index is 0.0560. The van der Waals surface area contributed by atoms with Crippen LogP contribution in [0.15, 0.2) is 66.1 Å². The smallest absolute Gasteiger partial charge is 0.162 e. The minimum Gasteiger partial charge on any atom is -0.512 e. The summed E-state index contributed by atoms with van der Waals surface area (Å²) in [4.78, 5) is 16.8. The zero-order chi connectivity index (χ0) is 18.1. The molecule has 0 amide bonds. The molecule has 3 aromatic rings. The molecule has 3 nitrogen and oxygen atoms in total. The Labute approximate surface area is 153 Å². The van der Waals surface area contributed by atoms with Crippen LogP contribution in [0, 0.1) is 6.92 Å². The molecule has 1 heterocycles. The van der Waals surface area contributed by atoms with Crippen LogP contribution < -0.4 is 0 Å². The van der Waals surface area contributed by atoms with Crippen molar-refractivity contribution in [3.63, 3.8) is 0 Å². The highest BCUT2D eigenvalue weighted by molar-refractivity contribution is 5.99. The van der Waals surface area contributed by atoms with E-state index < -0.39 is 0 Å². The lowest BCUT2D eigenvalue weighted by Crippen LogP contribution is -2.14. The maximum Gasteiger partial charge on any atom is 0.162 e.